The van der Waals surface area contributed by atoms with Crippen LogP contribution in [0.3, 0.4) is 0 Å². The molecule has 108 valence electrons. The highest BCUT2D eigenvalue weighted by atomic mass is 32.1. The number of rotatable bonds is 3. The molecule has 0 aliphatic carbocycles. The van der Waals surface area contributed by atoms with Crippen molar-refractivity contribution in [1.29, 1.82) is 0 Å². The maximum atomic E-state index is 11.9. The van der Waals surface area contributed by atoms with Crippen molar-refractivity contribution in [3.63, 3.8) is 0 Å². The summed E-state index contributed by atoms with van der Waals surface area (Å²) in [5, 5.41) is 0.0832. The first-order valence-corrected chi connectivity index (χ1v) is 7.17. The summed E-state index contributed by atoms with van der Waals surface area (Å²) in [6.07, 6.45) is 1.72. The van der Waals surface area contributed by atoms with Crippen molar-refractivity contribution in [2.24, 2.45) is 11.7 Å². The Balaban J connectivity index is 1.75. The highest BCUT2D eigenvalue weighted by Gasteiger charge is 2.24. The zero-order chi connectivity index (χ0) is 14.4. The molecule has 0 saturated carbocycles. The van der Waals surface area contributed by atoms with E-state index >= 15 is 0 Å². The van der Waals surface area contributed by atoms with E-state index in [1.807, 2.05) is 6.07 Å². The molecule has 1 aromatic rings. The Morgan fingerprint density at radius 2 is 1.90 bits per heavy atom. The fraction of sp³-hybridized carbons (Fsp3) is 0.429. The van der Waals surface area contributed by atoms with Gasteiger partial charge >= 0.3 is 0 Å². The normalized spacial score (nSPS) is 16.6. The van der Waals surface area contributed by atoms with Crippen molar-refractivity contribution in [1.82, 2.24) is 15.8 Å². The number of carbonyl (C=O) groups excluding carboxylic acids is 1. The van der Waals surface area contributed by atoms with Gasteiger partial charge in [0.15, 0.2) is 5.11 Å². The van der Waals surface area contributed by atoms with Crippen LogP contribution in [0.4, 0.5) is 0 Å². The number of hydrogen-bond acceptors (Lipinski definition) is 3. The van der Waals surface area contributed by atoms with E-state index in [4.69, 9.17) is 5.73 Å². The van der Waals surface area contributed by atoms with Crippen LogP contribution in [0.15, 0.2) is 30.3 Å². The summed E-state index contributed by atoms with van der Waals surface area (Å²) < 4.78 is 0. The molecule has 1 aliphatic rings. The van der Waals surface area contributed by atoms with Gasteiger partial charge in [0, 0.05) is 12.5 Å². The second-order valence-corrected chi connectivity index (χ2v) is 5.45. The van der Waals surface area contributed by atoms with Gasteiger partial charge in [-0.25, -0.2) is 0 Å². The molecule has 6 heteroatoms. The van der Waals surface area contributed by atoms with Crippen LogP contribution in [-0.4, -0.2) is 29.0 Å². The Hall–Kier alpha value is -1.66. The average molecular weight is 292 g/mol. The Labute approximate surface area is 124 Å². The minimum absolute atomic E-state index is 0.0304. The number of nitrogens with two attached hydrogens (primary N) is 1. The molecule has 0 bridgehead atoms. The van der Waals surface area contributed by atoms with Gasteiger partial charge in [0.2, 0.25) is 5.91 Å². The van der Waals surface area contributed by atoms with E-state index in [1.54, 1.807) is 0 Å². The van der Waals surface area contributed by atoms with Gasteiger partial charge in [-0.1, -0.05) is 30.3 Å². The Morgan fingerprint density at radius 3 is 2.50 bits per heavy atom. The summed E-state index contributed by atoms with van der Waals surface area (Å²) in [6, 6.07) is 10.4. The molecule has 1 amide bonds. The molecular formula is C14H20N4OS. The lowest BCUT2D eigenvalue weighted by atomic mass is 9.96. The molecule has 1 aromatic carbocycles. The Bertz CT molecular complexity index is 458. The van der Waals surface area contributed by atoms with E-state index in [1.165, 1.54) is 5.56 Å². The Kier molecular flexibility index (Phi) is 5.31. The SMILES string of the molecule is NC(=S)NNC(=O)C1CCN(Cc2ccccc2)CC1. The molecule has 0 spiro atoms. The monoisotopic (exact) mass is 292 g/mol. The van der Waals surface area contributed by atoms with Gasteiger partial charge in [-0.3, -0.25) is 20.5 Å². The number of carbonyl (C=O) groups is 1. The molecule has 1 aliphatic heterocycles. The summed E-state index contributed by atoms with van der Waals surface area (Å²) >= 11 is 4.65. The predicted octanol–water partition coefficient (Wildman–Crippen LogP) is 0.763. The molecule has 0 radical (unpaired) electrons. The quantitative estimate of drug-likeness (QED) is 0.567. The molecule has 0 unspecified atom stereocenters. The molecule has 20 heavy (non-hydrogen) atoms. The number of likely N-dealkylation sites (tertiary alicyclic amines) is 1. The summed E-state index contributed by atoms with van der Waals surface area (Å²) in [5.41, 5.74) is 11.6. The number of hydrogen-bond donors (Lipinski definition) is 3. The number of piperidine rings is 1. The second kappa shape index (κ2) is 7.21. The van der Waals surface area contributed by atoms with Crippen LogP contribution < -0.4 is 16.6 Å². The molecule has 4 N–H and O–H groups in total. The summed E-state index contributed by atoms with van der Waals surface area (Å²) in [7, 11) is 0. The lowest BCUT2D eigenvalue weighted by molar-refractivity contribution is -0.127. The van der Waals surface area contributed by atoms with Crippen molar-refractivity contribution in [2.45, 2.75) is 19.4 Å². The molecular weight excluding hydrogens is 272 g/mol. The summed E-state index contributed by atoms with van der Waals surface area (Å²) in [4.78, 5) is 14.2. The lowest BCUT2D eigenvalue weighted by Crippen LogP contribution is -2.48. The second-order valence-electron chi connectivity index (χ2n) is 5.01. The van der Waals surface area contributed by atoms with Crippen molar-refractivity contribution in [2.75, 3.05) is 13.1 Å². The van der Waals surface area contributed by atoms with Gasteiger partial charge in [-0.05, 0) is 43.7 Å². The van der Waals surface area contributed by atoms with Gasteiger partial charge in [0.25, 0.3) is 0 Å². The standard InChI is InChI=1S/C14H20N4OS/c15-14(20)17-16-13(19)12-6-8-18(9-7-12)10-11-4-2-1-3-5-11/h1-5,12H,6-10H2,(H,16,19)(H3,15,17,20). The van der Waals surface area contributed by atoms with Gasteiger partial charge in [-0.2, -0.15) is 0 Å². The van der Waals surface area contributed by atoms with Gasteiger partial charge < -0.3 is 5.73 Å². The van der Waals surface area contributed by atoms with Crippen molar-refractivity contribution < 1.29 is 4.79 Å². The molecule has 0 atom stereocenters. The smallest absolute Gasteiger partial charge is 0.241 e. The number of amides is 1. The molecule has 2 rings (SSSR count). The maximum Gasteiger partial charge on any atom is 0.241 e. The highest BCUT2D eigenvalue weighted by Crippen LogP contribution is 2.18. The van der Waals surface area contributed by atoms with Gasteiger partial charge in [-0.15, -0.1) is 0 Å². The first-order valence-electron chi connectivity index (χ1n) is 6.77. The van der Waals surface area contributed by atoms with Crippen LogP contribution in [0.25, 0.3) is 0 Å². The molecule has 1 heterocycles. The minimum atomic E-state index is -0.0304. The summed E-state index contributed by atoms with van der Waals surface area (Å²) in [6.45, 7) is 2.81. The van der Waals surface area contributed by atoms with E-state index in [0.717, 1.165) is 32.5 Å². The molecule has 1 saturated heterocycles. The Morgan fingerprint density at radius 1 is 1.25 bits per heavy atom. The third-order valence-electron chi connectivity index (χ3n) is 3.52. The highest BCUT2D eigenvalue weighted by molar-refractivity contribution is 7.80. The first-order chi connectivity index (χ1) is 9.65. The van der Waals surface area contributed by atoms with Crippen molar-refractivity contribution in [3.8, 4) is 0 Å². The van der Waals surface area contributed by atoms with E-state index in [9.17, 15) is 4.79 Å². The third kappa shape index (κ3) is 4.47. The molecule has 5 nitrogen and oxygen atoms in total. The maximum absolute atomic E-state index is 11.9. The van der Waals surface area contributed by atoms with E-state index in [0.29, 0.717) is 0 Å². The third-order valence-corrected chi connectivity index (χ3v) is 3.62. The average Bonchev–Trinajstić information content (AvgIpc) is 2.46. The van der Waals surface area contributed by atoms with E-state index in [-0.39, 0.29) is 16.9 Å². The first kappa shape index (κ1) is 14.7. The van der Waals surface area contributed by atoms with E-state index in [2.05, 4.69) is 52.2 Å². The number of nitrogens with one attached hydrogen (secondary N) is 2. The number of hydrazine groups is 1. The van der Waals surface area contributed by atoms with Crippen molar-refractivity contribution in [3.05, 3.63) is 35.9 Å². The van der Waals surface area contributed by atoms with Crippen LogP contribution in [0.2, 0.25) is 0 Å². The minimum Gasteiger partial charge on any atom is -0.375 e. The van der Waals surface area contributed by atoms with Crippen LogP contribution in [0.1, 0.15) is 18.4 Å². The zero-order valence-electron chi connectivity index (χ0n) is 11.3. The largest absolute Gasteiger partial charge is 0.375 e. The number of thiocarbonyl (C=S) groups is 1. The zero-order valence-corrected chi connectivity index (χ0v) is 12.2. The van der Waals surface area contributed by atoms with Crippen LogP contribution in [-0.2, 0) is 11.3 Å². The molecule has 0 aromatic heterocycles. The van der Waals surface area contributed by atoms with Crippen LogP contribution in [0.5, 0.6) is 0 Å². The lowest BCUT2D eigenvalue weighted by Gasteiger charge is -2.31. The van der Waals surface area contributed by atoms with Gasteiger partial charge in [0.1, 0.15) is 0 Å². The van der Waals surface area contributed by atoms with Crippen LogP contribution >= 0.6 is 12.2 Å². The van der Waals surface area contributed by atoms with Crippen molar-refractivity contribution >= 4 is 23.2 Å². The number of nitrogens with zero attached hydrogens (tertiary/aromatic N) is 1. The molecule has 1 fully saturated rings. The fourth-order valence-electron chi connectivity index (χ4n) is 2.42. The topological polar surface area (TPSA) is 70.4 Å². The fourth-order valence-corrected chi connectivity index (χ4v) is 2.47. The number of benzene rings is 1. The predicted molar refractivity (Wildman–Crippen MR) is 82.5 cm³/mol. The summed E-state index contributed by atoms with van der Waals surface area (Å²) in [5.74, 6) is 0.000958. The van der Waals surface area contributed by atoms with Gasteiger partial charge in [0.05, 0.1) is 0 Å². The van der Waals surface area contributed by atoms with Crippen LogP contribution in [0, 0.1) is 5.92 Å². The van der Waals surface area contributed by atoms with E-state index < -0.39 is 0 Å².